The highest BCUT2D eigenvalue weighted by atomic mass is 32.1. The summed E-state index contributed by atoms with van der Waals surface area (Å²) in [4.78, 5) is 22.1. The van der Waals surface area contributed by atoms with Crippen LogP contribution in [0, 0.1) is 17.1 Å². The number of hydrogen-bond acceptors (Lipinski definition) is 8. The van der Waals surface area contributed by atoms with E-state index in [0.29, 0.717) is 35.7 Å². The molecule has 6 rings (SSSR count). The molecule has 4 heterocycles. The van der Waals surface area contributed by atoms with Gasteiger partial charge in [0.2, 0.25) is 0 Å². The van der Waals surface area contributed by atoms with Crippen LogP contribution in [-0.2, 0) is 7.05 Å². The smallest absolute Gasteiger partial charge is 0.252 e. The summed E-state index contributed by atoms with van der Waals surface area (Å²) in [6.45, 7) is 5.63. The van der Waals surface area contributed by atoms with Crippen molar-refractivity contribution in [3.63, 3.8) is 0 Å². The van der Waals surface area contributed by atoms with Crippen molar-refractivity contribution in [2.75, 3.05) is 18.0 Å². The van der Waals surface area contributed by atoms with Crippen LogP contribution in [0.25, 0.3) is 11.0 Å². The van der Waals surface area contributed by atoms with Gasteiger partial charge >= 0.3 is 0 Å². The summed E-state index contributed by atoms with van der Waals surface area (Å²) in [5, 5.41) is 20.6. The number of anilines is 1. The fourth-order valence-corrected chi connectivity index (χ4v) is 6.58. The molecule has 1 saturated carbocycles. The fourth-order valence-electron chi connectivity index (χ4n) is 5.42. The number of nitrogens with zero attached hydrogens (tertiary/aromatic N) is 7. The molecule has 38 heavy (non-hydrogen) atoms. The summed E-state index contributed by atoms with van der Waals surface area (Å²) in [7, 11) is 1.72. The van der Waals surface area contributed by atoms with E-state index in [-0.39, 0.29) is 29.5 Å². The zero-order valence-electron chi connectivity index (χ0n) is 21.5. The summed E-state index contributed by atoms with van der Waals surface area (Å²) in [5.41, 5.74) is 3.26. The molecule has 194 valence electrons. The van der Waals surface area contributed by atoms with E-state index in [1.165, 1.54) is 12.1 Å². The van der Waals surface area contributed by atoms with Crippen molar-refractivity contribution < 1.29 is 4.39 Å². The van der Waals surface area contributed by atoms with Gasteiger partial charge in [-0.05, 0) is 56.5 Å². The van der Waals surface area contributed by atoms with Gasteiger partial charge < -0.3 is 9.47 Å². The van der Waals surface area contributed by atoms with Gasteiger partial charge in [0.1, 0.15) is 33.1 Å². The van der Waals surface area contributed by atoms with Gasteiger partial charge in [0.05, 0.1) is 17.2 Å². The first-order valence-electron chi connectivity index (χ1n) is 12.9. The summed E-state index contributed by atoms with van der Waals surface area (Å²) in [6.07, 6.45) is 2.32. The Morgan fingerprint density at radius 2 is 1.84 bits per heavy atom. The second-order valence-electron chi connectivity index (χ2n) is 10.4. The lowest BCUT2D eigenvalue weighted by Gasteiger charge is -2.48. The van der Waals surface area contributed by atoms with Crippen LogP contribution in [0.5, 0.6) is 0 Å². The molecule has 8 nitrogen and oxygen atoms in total. The van der Waals surface area contributed by atoms with Crippen LogP contribution in [-0.4, -0.2) is 49.8 Å². The number of hydrogen-bond donors (Lipinski definition) is 0. The molecule has 1 saturated heterocycles. The van der Waals surface area contributed by atoms with Gasteiger partial charge in [0.25, 0.3) is 5.56 Å². The zero-order chi connectivity index (χ0) is 26.6. The molecule has 1 aliphatic heterocycles. The third-order valence-electron chi connectivity index (χ3n) is 7.66. The minimum atomic E-state index is -0.267. The van der Waals surface area contributed by atoms with Crippen molar-refractivity contribution in [3.05, 3.63) is 79.9 Å². The maximum Gasteiger partial charge on any atom is 0.252 e. The molecule has 0 radical (unpaired) electrons. The second kappa shape index (κ2) is 9.57. The number of aromatic nitrogens is 4. The number of piperazine rings is 1. The van der Waals surface area contributed by atoms with E-state index in [9.17, 15) is 14.4 Å². The highest BCUT2D eigenvalue weighted by Gasteiger charge is 2.38. The minimum Gasteiger partial charge on any atom is -0.364 e. The van der Waals surface area contributed by atoms with Crippen molar-refractivity contribution in [2.24, 2.45) is 7.05 Å². The van der Waals surface area contributed by atoms with Crippen molar-refractivity contribution in [1.29, 1.82) is 5.26 Å². The largest absolute Gasteiger partial charge is 0.364 e. The van der Waals surface area contributed by atoms with Gasteiger partial charge in [-0.25, -0.2) is 9.37 Å². The number of aryl methyl sites for hydroxylation is 1. The SMILES string of the molecule is CC1CN(c2cc(=O)n(C)c3ccc(C#N)nc23)[C@@H](C)CN1C(c1ccc(F)cc1)c1nnc(C2CC2)s1. The molecular weight excluding hydrogens is 501 g/mol. The van der Waals surface area contributed by atoms with Crippen LogP contribution in [0.15, 0.2) is 47.3 Å². The second-order valence-corrected chi connectivity index (χ2v) is 11.4. The van der Waals surface area contributed by atoms with Gasteiger partial charge in [-0.2, -0.15) is 5.26 Å². The molecule has 2 unspecified atom stereocenters. The molecule has 2 fully saturated rings. The van der Waals surface area contributed by atoms with Gasteiger partial charge in [-0.3, -0.25) is 9.69 Å². The van der Waals surface area contributed by atoms with Crippen molar-refractivity contribution >= 4 is 28.1 Å². The van der Waals surface area contributed by atoms with Crippen LogP contribution in [0.1, 0.15) is 59.9 Å². The van der Waals surface area contributed by atoms with Crippen molar-refractivity contribution in [1.82, 2.24) is 24.6 Å². The molecule has 0 spiro atoms. The molecule has 4 aromatic rings. The first kappa shape index (κ1) is 24.6. The van der Waals surface area contributed by atoms with E-state index in [2.05, 4.69) is 44.9 Å². The predicted octanol–water partition coefficient (Wildman–Crippen LogP) is 4.36. The first-order valence-corrected chi connectivity index (χ1v) is 13.7. The van der Waals surface area contributed by atoms with E-state index in [4.69, 9.17) is 0 Å². The number of benzene rings is 1. The third kappa shape index (κ3) is 4.36. The normalized spacial score (nSPS) is 21.0. The molecule has 2 aliphatic rings. The first-order chi connectivity index (χ1) is 18.3. The van der Waals surface area contributed by atoms with Gasteiger partial charge in [0.15, 0.2) is 0 Å². The Hall–Kier alpha value is -3.68. The Morgan fingerprint density at radius 1 is 1.08 bits per heavy atom. The zero-order valence-corrected chi connectivity index (χ0v) is 22.3. The molecule has 0 amide bonds. The van der Waals surface area contributed by atoms with Gasteiger partial charge in [0, 0.05) is 44.2 Å². The molecule has 1 aromatic carbocycles. The summed E-state index contributed by atoms with van der Waals surface area (Å²) < 4.78 is 15.4. The van der Waals surface area contributed by atoms with Crippen LogP contribution >= 0.6 is 11.3 Å². The maximum absolute atomic E-state index is 13.8. The van der Waals surface area contributed by atoms with Crippen LogP contribution < -0.4 is 10.5 Å². The molecule has 0 bridgehead atoms. The van der Waals surface area contributed by atoms with E-state index in [1.54, 1.807) is 41.2 Å². The van der Waals surface area contributed by atoms with Crippen LogP contribution in [0.4, 0.5) is 10.1 Å². The highest BCUT2D eigenvalue weighted by molar-refractivity contribution is 7.11. The lowest BCUT2D eigenvalue weighted by molar-refractivity contribution is 0.129. The monoisotopic (exact) mass is 529 g/mol. The molecule has 1 aliphatic carbocycles. The lowest BCUT2D eigenvalue weighted by atomic mass is 9.99. The number of fused-ring (bicyclic) bond motifs is 1. The van der Waals surface area contributed by atoms with E-state index >= 15 is 0 Å². The van der Waals surface area contributed by atoms with Gasteiger partial charge in [-0.15, -0.1) is 10.2 Å². The quantitative estimate of drug-likeness (QED) is 0.379. The molecule has 3 aromatic heterocycles. The van der Waals surface area contributed by atoms with Crippen LogP contribution in [0.2, 0.25) is 0 Å². The summed E-state index contributed by atoms with van der Waals surface area (Å²) in [5.74, 6) is 0.250. The van der Waals surface area contributed by atoms with E-state index in [1.807, 2.05) is 12.1 Å². The highest BCUT2D eigenvalue weighted by Crippen LogP contribution is 2.44. The maximum atomic E-state index is 13.8. The average molecular weight is 530 g/mol. The lowest BCUT2D eigenvalue weighted by Crippen LogP contribution is -2.57. The molecule has 3 atom stereocenters. The Labute approximate surface area is 224 Å². The predicted molar refractivity (Wildman–Crippen MR) is 145 cm³/mol. The van der Waals surface area contributed by atoms with E-state index in [0.717, 1.165) is 34.1 Å². The number of rotatable bonds is 5. The number of pyridine rings is 2. The Morgan fingerprint density at radius 3 is 2.55 bits per heavy atom. The van der Waals surface area contributed by atoms with Gasteiger partial charge in [-0.1, -0.05) is 23.5 Å². The van der Waals surface area contributed by atoms with Crippen LogP contribution in [0.3, 0.4) is 0 Å². The topological polar surface area (TPSA) is 90.9 Å². The van der Waals surface area contributed by atoms with Crippen molar-refractivity contribution in [3.8, 4) is 6.07 Å². The Balaban J connectivity index is 1.38. The van der Waals surface area contributed by atoms with Crippen molar-refractivity contribution in [2.45, 2.75) is 50.7 Å². The molecule has 10 heteroatoms. The molecule has 0 N–H and O–H groups in total. The molecular formula is C28H28FN7OS. The minimum absolute atomic E-state index is 0.0350. The van der Waals surface area contributed by atoms with E-state index < -0.39 is 0 Å². The number of nitriles is 1. The average Bonchev–Trinajstić information content (AvgIpc) is 3.66. The fraction of sp³-hybridized carbons (Fsp3) is 0.393. The summed E-state index contributed by atoms with van der Waals surface area (Å²) >= 11 is 1.66. The standard InChI is InChI=1S/C28H28FN7OS/c1-16-15-36(26(18-6-8-20(29)9-7-18)28-33-32-27(38-28)19-4-5-19)17(2)14-35(16)23-12-24(37)34(3)22-11-10-21(13-30)31-25(22)23/h6-12,16-17,19,26H,4-5,14-15H2,1-3H3/t16-,17?,26?/m0/s1. The Kier molecular flexibility index (Phi) is 6.20. The third-order valence-corrected chi connectivity index (χ3v) is 8.80. The number of halogens is 1. The Bertz CT molecular complexity index is 1600. The summed E-state index contributed by atoms with van der Waals surface area (Å²) in [6, 6.07) is 13.8.